The van der Waals surface area contributed by atoms with Gasteiger partial charge in [0.2, 0.25) is 0 Å². The van der Waals surface area contributed by atoms with Crippen molar-refractivity contribution in [3.8, 4) is 11.1 Å². The van der Waals surface area contributed by atoms with E-state index >= 15 is 0 Å². The van der Waals surface area contributed by atoms with Gasteiger partial charge in [0.15, 0.2) is 8.32 Å². The van der Waals surface area contributed by atoms with E-state index in [1.807, 2.05) is 12.1 Å². The molecule has 3 nitrogen and oxygen atoms in total. The monoisotopic (exact) mass is 600 g/mol. The summed E-state index contributed by atoms with van der Waals surface area (Å²) in [6, 6.07) is 21.1. The molecule has 0 spiro atoms. The van der Waals surface area contributed by atoms with Crippen molar-refractivity contribution in [1.82, 2.24) is 0 Å². The summed E-state index contributed by atoms with van der Waals surface area (Å²) < 4.78 is 6.98. The lowest BCUT2D eigenvalue weighted by molar-refractivity contribution is 0.0657. The minimum Gasteiger partial charge on any atom is -0.478 e. The topological polar surface area (TPSA) is 46.5 Å². The number of aryl methyl sites for hydroxylation is 3. The Morgan fingerprint density at radius 3 is 1.79 bits per heavy atom. The van der Waals surface area contributed by atoms with E-state index < -0.39 is 14.3 Å². The third-order valence-electron chi connectivity index (χ3n) is 10.2. The van der Waals surface area contributed by atoms with Gasteiger partial charge >= 0.3 is 5.97 Å². The quantitative estimate of drug-likeness (QED) is 0.223. The predicted molar refractivity (Wildman–Crippen MR) is 186 cm³/mol. The molecule has 3 aromatic rings. The summed E-state index contributed by atoms with van der Waals surface area (Å²) >= 11 is 0. The number of carboxylic acid groups (broad SMARTS) is 1. The molecule has 3 rings (SSSR count). The zero-order chi connectivity index (χ0) is 32.4. The summed E-state index contributed by atoms with van der Waals surface area (Å²) in [5.41, 5.74) is 9.19. The Morgan fingerprint density at radius 2 is 1.35 bits per heavy atom. The van der Waals surface area contributed by atoms with E-state index in [-0.39, 0.29) is 22.0 Å². The molecular weight excluding hydrogens is 545 g/mol. The molecule has 0 bridgehead atoms. The number of aromatic carboxylic acids is 1. The van der Waals surface area contributed by atoms with Crippen molar-refractivity contribution in [1.29, 1.82) is 0 Å². The fraction of sp³-hybridized carbons (Fsp3) is 0.513. The first kappa shape index (κ1) is 34.8. The van der Waals surface area contributed by atoms with Gasteiger partial charge in [0.1, 0.15) is 0 Å². The highest BCUT2D eigenvalue weighted by Gasteiger charge is 2.41. The molecule has 0 aliphatic rings. The molecule has 0 aromatic heterocycles. The SMILES string of the molecule is CCC(CC)(c1ccc(CCC(O[Si](C)(C)C(C)(C)C)C(C)(C)C)c(C)c1)c1ccc(-c2ccc(C(=O)O)cc2)c(C)c1. The summed E-state index contributed by atoms with van der Waals surface area (Å²) in [6.45, 7) is 27.7. The highest BCUT2D eigenvalue weighted by atomic mass is 28.4. The molecule has 0 saturated heterocycles. The molecule has 234 valence electrons. The zero-order valence-corrected chi connectivity index (χ0v) is 29.9. The Labute approximate surface area is 263 Å². The fourth-order valence-corrected chi connectivity index (χ4v) is 7.61. The average molecular weight is 601 g/mol. The number of hydrogen-bond donors (Lipinski definition) is 1. The molecule has 0 fully saturated rings. The second kappa shape index (κ2) is 13.1. The van der Waals surface area contributed by atoms with Crippen molar-refractivity contribution < 1.29 is 14.3 Å². The minimum atomic E-state index is -1.87. The molecule has 0 aliphatic heterocycles. The van der Waals surface area contributed by atoms with E-state index in [0.29, 0.717) is 5.56 Å². The van der Waals surface area contributed by atoms with Crippen LogP contribution in [-0.2, 0) is 16.3 Å². The molecule has 1 atom stereocenters. The average Bonchev–Trinajstić information content (AvgIpc) is 2.91. The van der Waals surface area contributed by atoms with Crippen LogP contribution >= 0.6 is 0 Å². The van der Waals surface area contributed by atoms with Crippen LogP contribution in [0.1, 0.15) is 113 Å². The molecule has 1 N–H and O–H groups in total. The van der Waals surface area contributed by atoms with Gasteiger partial charge in [-0.25, -0.2) is 4.79 Å². The number of carboxylic acids is 1. The predicted octanol–water partition coefficient (Wildman–Crippen LogP) is 11.1. The van der Waals surface area contributed by atoms with Crippen LogP contribution in [0.2, 0.25) is 18.1 Å². The normalized spacial score (nSPS) is 13.7. The van der Waals surface area contributed by atoms with Crippen molar-refractivity contribution >= 4 is 14.3 Å². The van der Waals surface area contributed by atoms with Gasteiger partial charge in [0.25, 0.3) is 0 Å². The number of benzene rings is 3. The summed E-state index contributed by atoms with van der Waals surface area (Å²) in [5, 5.41) is 9.47. The zero-order valence-electron chi connectivity index (χ0n) is 28.9. The van der Waals surface area contributed by atoms with Gasteiger partial charge in [-0.2, -0.15) is 0 Å². The molecular formula is C39H56O3Si. The molecule has 43 heavy (non-hydrogen) atoms. The molecule has 4 heteroatoms. The van der Waals surface area contributed by atoms with Gasteiger partial charge < -0.3 is 9.53 Å². The number of carbonyl (C=O) groups is 1. The first-order chi connectivity index (χ1) is 19.9. The first-order valence-corrected chi connectivity index (χ1v) is 19.0. The molecule has 0 heterocycles. The summed E-state index contributed by atoms with van der Waals surface area (Å²) in [5.74, 6) is -0.899. The lowest BCUT2D eigenvalue weighted by Gasteiger charge is -2.43. The Hall–Kier alpha value is -2.69. The van der Waals surface area contributed by atoms with Crippen molar-refractivity contribution in [2.24, 2.45) is 5.41 Å². The van der Waals surface area contributed by atoms with Gasteiger partial charge in [-0.15, -0.1) is 0 Å². The lowest BCUT2D eigenvalue weighted by atomic mass is 9.69. The Balaban J connectivity index is 1.90. The fourth-order valence-electron chi connectivity index (χ4n) is 6.07. The molecule has 3 aromatic carbocycles. The highest BCUT2D eigenvalue weighted by Crippen LogP contribution is 2.43. The molecule has 0 aliphatic carbocycles. The summed E-state index contributed by atoms with van der Waals surface area (Å²) in [4.78, 5) is 11.3. The summed E-state index contributed by atoms with van der Waals surface area (Å²) in [7, 11) is -1.87. The van der Waals surface area contributed by atoms with Crippen LogP contribution in [0.15, 0.2) is 60.7 Å². The molecule has 0 radical (unpaired) electrons. The smallest absolute Gasteiger partial charge is 0.335 e. The Kier molecular flexibility index (Phi) is 10.6. The van der Waals surface area contributed by atoms with Crippen LogP contribution in [0, 0.1) is 19.3 Å². The van der Waals surface area contributed by atoms with Crippen LogP contribution in [0.5, 0.6) is 0 Å². The van der Waals surface area contributed by atoms with Crippen LogP contribution in [0.3, 0.4) is 0 Å². The Bertz CT molecular complexity index is 1400. The van der Waals surface area contributed by atoms with Gasteiger partial charge in [0.05, 0.1) is 11.7 Å². The van der Waals surface area contributed by atoms with E-state index in [4.69, 9.17) is 4.43 Å². The number of rotatable bonds is 11. The van der Waals surface area contributed by atoms with Crippen molar-refractivity contribution in [3.05, 3.63) is 94.0 Å². The van der Waals surface area contributed by atoms with Crippen molar-refractivity contribution in [3.63, 3.8) is 0 Å². The molecule has 1 unspecified atom stereocenters. The minimum absolute atomic E-state index is 0.0703. The van der Waals surface area contributed by atoms with Crippen LogP contribution in [0.25, 0.3) is 11.1 Å². The second-order valence-electron chi connectivity index (χ2n) is 15.1. The maximum absolute atomic E-state index is 11.3. The Morgan fingerprint density at radius 1 is 0.814 bits per heavy atom. The lowest BCUT2D eigenvalue weighted by Crippen LogP contribution is -2.47. The maximum atomic E-state index is 11.3. The van der Waals surface area contributed by atoms with Crippen molar-refractivity contribution in [2.45, 2.75) is 125 Å². The van der Waals surface area contributed by atoms with E-state index in [9.17, 15) is 9.90 Å². The van der Waals surface area contributed by atoms with Crippen LogP contribution < -0.4 is 0 Å². The second-order valence-corrected chi connectivity index (χ2v) is 19.9. The third kappa shape index (κ3) is 7.70. The highest BCUT2D eigenvalue weighted by molar-refractivity contribution is 6.74. The molecule has 0 amide bonds. The largest absolute Gasteiger partial charge is 0.478 e. The van der Waals surface area contributed by atoms with E-state index in [2.05, 4.69) is 119 Å². The molecule has 0 saturated carbocycles. The van der Waals surface area contributed by atoms with Gasteiger partial charge in [-0.05, 0) is 114 Å². The van der Waals surface area contributed by atoms with E-state index in [1.165, 1.54) is 27.8 Å². The van der Waals surface area contributed by atoms with Crippen LogP contribution in [-0.4, -0.2) is 25.5 Å². The summed E-state index contributed by atoms with van der Waals surface area (Å²) in [6.07, 6.45) is 4.29. The van der Waals surface area contributed by atoms with E-state index in [0.717, 1.165) is 36.8 Å². The number of hydrogen-bond acceptors (Lipinski definition) is 2. The van der Waals surface area contributed by atoms with Crippen molar-refractivity contribution in [2.75, 3.05) is 0 Å². The maximum Gasteiger partial charge on any atom is 0.335 e. The van der Waals surface area contributed by atoms with E-state index in [1.54, 1.807) is 12.1 Å². The van der Waals surface area contributed by atoms with Gasteiger partial charge in [0, 0.05) is 5.41 Å². The van der Waals surface area contributed by atoms with Gasteiger partial charge in [-0.1, -0.05) is 104 Å². The third-order valence-corrected chi connectivity index (χ3v) is 14.7. The van der Waals surface area contributed by atoms with Gasteiger partial charge in [-0.3, -0.25) is 0 Å². The first-order valence-electron chi connectivity index (χ1n) is 16.1. The standard InChI is InChI=1S/C39H56O3Si/c1-13-39(14-2,33-22-23-34(28(4)26-33)30-15-17-31(18-16-30)36(40)41)32-21-19-29(27(3)25-32)20-24-35(37(5,6)7)42-43(11,12)38(8,9)10/h15-19,21-23,25-26,35H,13-14,20,24H2,1-12H3,(H,40,41). The van der Waals surface area contributed by atoms with Crippen LogP contribution in [0.4, 0.5) is 0 Å².